The number of allylic oxidation sites excluding steroid dienone is 4. The van der Waals surface area contributed by atoms with Gasteiger partial charge in [-0.25, -0.2) is 4.39 Å². The third-order valence-electron chi connectivity index (χ3n) is 9.53. The van der Waals surface area contributed by atoms with E-state index in [4.69, 9.17) is 9.16 Å². The fourth-order valence-electron chi connectivity index (χ4n) is 7.94. The minimum atomic E-state index is -2.25. The first kappa shape index (κ1) is 26.4. The number of ether oxygens (including phenoxy) is 1. The second kappa shape index (κ2) is 8.18. The highest BCUT2D eigenvalue weighted by atomic mass is 28.4. The first-order valence-electron chi connectivity index (χ1n) is 12.7. The van der Waals surface area contributed by atoms with E-state index in [0.29, 0.717) is 19.3 Å². The molecule has 1 N–H and O–H groups in total. The maximum Gasteiger partial charge on any atom is 0.303 e. The highest BCUT2D eigenvalue weighted by Gasteiger charge is 2.76. The number of ketones is 2. The van der Waals surface area contributed by atoms with E-state index >= 15 is 4.39 Å². The van der Waals surface area contributed by atoms with Crippen LogP contribution in [0.15, 0.2) is 23.8 Å². The van der Waals surface area contributed by atoms with Crippen molar-refractivity contribution in [2.75, 3.05) is 6.61 Å². The van der Waals surface area contributed by atoms with Crippen molar-refractivity contribution < 1.29 is 33.0 Å². The predicted octanol–water partition coefficient (Wildman–Crippen LogP) is 4.33. The van der Waals surface area contributed by atoms with Crippen LogP contribution >= 0.6 is 0 Å². The van der Waals surface area contributed by atoms with Gasteiger partial charge in [-0.15, -0.1) is 0 Å². The van der Waals surface area contributed by atoms with E-state index < -0.39 is 66.7 Å². The molecular weight excluding hydrogens is 467 g/mol. The topological polar surface area (TPSA) is 89.9 Å². The molecule has 4 rings (SSSR count). The largest absolute Gasteiger partial charge is 0.458 e. The molecule has 0 radical (unpaired) electrons. The number of fused-ring (bicyclic) bond motifs is 5. The molecular formula is C27H39FO6Si. The number of Topliss-reactive ketones (excluding diaryl/α,β-unsaturated/α-hetero) is 1. The minimum Gasteiger partial charge on any atom is -0.458 e. The van der Waals surface area contributed by atoms with Gasteiger partial charge in [0.25, 0.3) is 0 Å². The number of hydrogen-bond donors (Lipinski definition) is 1. The van der Waals surface area contributed by atoms with E-state index in [0.717, 1.165) is 5.57 Å². The molecule has 8 atom stereocenters. The van der Waals surface area contributed by atoms with E-state index in [2.05, 4.69) is 0 Å². The molecule has 3 fully saturated rings. The summed E-state index contributed by atoms with van der Waals surface area (Å²) >= 11 is 0. The van der Waals surface area contributed by atoms with Gasteiger partial charge in [-0.1, -0.05) is 25.5 Å². The van der Waals surface area contributed by atoms with Crippen molar-refractivity contribution in [3.05, 3.63) is 23.8 Å². The quantitative estimate of drug-likeness (QED) is 0.441. The lowest BCUT2D eigenvalue weighted by Gasteiger charge is -2.64. The van der Waals surface area contributed by atoms with Crippen molar-refractivity contribution in [2.24, 2.45) is 28.6 Å². The second-order valence-corrected chi connectivity index (χ2v) is 17.0. The zero-order valence-electron chi connectivity index (χ0n) is 21.9. The predicted molar refractivity (Wildman–Crippen MR) is 132 cm³/mol. The van der Waals surface area contributed by atoms with Crippen molar-refractivity contribution in [3.8, 4) is 0 Å². The molecule has 6 nitrogen and oxygen atoms in total. The third kappa shape index (κ3) is 3.65. The van der Waals surface area contributed by atoms with Crippen LogP contribution in [-0.4, -0.2) is 54.9 Å². The fourth-order valence-corrected chi connectivity index (χ4v) is 9.04. The number of rotatable bonds is 5. The molecule has 3 saturated carbocycles. The summed E-state index contributed by atoms with van der Waals surface area (Å²) in [6.45, 7) is 12.4. The summed E-state index contributed by atoms with van der Waals surface area (Å²) in [4.78, 5) is 36.9. The lowest BCUT2D eigenvalue weighted by atomic mass is 9.44. The van der Waals surface area contributed by atoms with Crippen LogP contribution in [0.2, 0.25) is 19.6 Å². The smallest absolute Gasteiger partial charge is 0.303 e. The molecule has 0 aromatic carbocycles. The van der Waals surface area contributed by atoms with E-state index in [1.54, 1.807) is 12.2 Å². The standard InChI is InChI=1S/C27H39FO6Si/c1-16-12-21-20-9-8-18-13-19(30)10-11-24(18,3)26(20,28)23(34-35(5,6)7)14-25(21,4)27(16,32)22(31)15-33-17(2)29/h10-11,13,16,20-21,23,32H,8-9,12,14-15H2,1-7H3/t16-,20-,21-,23+,24-,25-,26-,27-/m0/s1. The Labute approximate surface area is 208 Å². The second-order valence-electron chi connectivity index (χ2n) is 12.6. The zero-order valence-corrected chi connectivity index (χ0v) is 22.9. The summed E-state index contributed by atoms with van der Waals surface area (Å²) < 4.78 is 29.5. The molecule has 0 unspecified atom stereocenters. The van der Waals surface area contributed by atoms with Crippen LogP contribution < -0.4 is 0 Å². The van der Waals surface area contributed by atoms with Crippen molar-refractivity contribution in [1.82, 2.24) is 0 Å². The Morgan fingerprint density at radius 2 is 1.89 bits per heavy atom. The van der Waals surface area contributed by atoms with Crippen LogP contribution in [-0.2, 0) is 23.5 Å². The third-order valence-corrected chi connectivity index (χ3v) is 10.5. The maximum absolute atomic E-state index is 18.0. The Kier molecular flexibility index (Phi) is 6.18. The van der Waals surface area contributed by atoms with Gasteiger partial charge in [0.2, 0.25) is 5.78 Å². The summed E-state index contributed by atoms with van der Waals surface area (Å²) in [6.07, 6.45) is 5.67. The average molecular weight is 507 g/mol. The number of carbonyl (C=O) groups is 3. The number of alkyl halides is 1. The fraction of sp³-hybridized carbons (Fsp3) is 0.741. The molecule has 0 heterocycles. The number of carbonyl (C=O) groups excluding carboxylic acids is 3. The first-order valence-corrected chi connectivity index (χ1v) is 16.1. The van der Waals surface area contributed by atoms with Crippen LogP contribution in [0.25, 0.3) is 0 Å². The van der Waals surface area contributed by atoms with Crippen molar-refractivity contribution in [1.29, 1.82) is 0 Å². The SMILES string of the molecule is CC(=O)OCC(=O)[C@@]1(O)[C@@H](C)C[C@H]2[C@@H]3CCC4=CC(=O)C=C[C@]4(C)[C@@]3(F)[C@H](O[Si](C)(C)C)C[C@@]21C. The van der Waals surface area contributed by atoms with Crippen molar-refractivity contribution in [2.45, 2.75) is 90.4 Å². The van der Waals surface area contributed by atoms with Gasteiger partial charge < -0.3 is 14.3 Å². The van der Waals surface area contributed by atoms with Crippen LogP contribution in [0.4, 0.5) is 4.39 Å². The van der Waals surface area contributed by atoms with Gasteiger partial charge in [0.1, 0.15) is 5.60 Å². The molecule has 0 saturated heterocycles. The summed E-state index contributed by atoms with van der Waals surface area (Å²) in [7, 11) is -2.25. The molecule has 4 aliphatic carbocycles. The van der Waals surface area contributed by atoms with Crippen LogP contribution in [0.5, 0.6) is 0 Å². The molecule has 0 aliphatic heterocycles. The normalized spacial score (nSPS) is 44.7. The first-order chi connectivity index (χ1) is 16.0. The highest BCUT2D eigenvalue weighted by molar-refractivity contribution is 6.69. The van der Waals surface area contributed by atoms with Gasteiger partial charge in [-0.2, -0.15) is 0 Å². The molecule has 194 valence electrons. The average Bonchev–Trinajstić information content (AvgIpc) is 2.94. The molecule has 0 aromatic rings. The summed E-state index contributed by atoms with van der Waals surface area (Å²) in [5, 5.41) is 12.0. The van der Waals surface area contributed by atoms with Gasteiger partial charge in [0.05, 0.1) is 6.10 Å². The number of hydrogen-bond acceptors (Lipinski definition) is 6. The van der Waals surface area contributed by atoms with Gasteiger partial charge in [0, 0.05) is 23.7 Å². The molecule has 4 aliphatic rings. The van der Waals surface area contributed by atoms with Crippen molar-refractivity contribution in [3.63, 3.8) is 0 Å². The van der Waals surface area contributed by atoms with E-state index in [9.17, 15) is 19.5 Å². The minimum absolute atomic E-state index is 0.122. The Morgan fingerprint density at radius 3 is 2.49 bits per heavy atom. The molecule has 0 amide bonds. The maximum atomic E-state index is 18.0. The summed E-state index contributed by atoms with van der Waals surface area (Å²) in [5.41, 5.74) is -4.70. The number of halogens is 1. The van der Waals surface area contributed by atoms with Gasteiger partial charge in [-0.05, 0) is 76.2 Å². The van der Waals surface area contributed by atoms with Gasteiger partial charge in [0.15, 0.2) is 26.4 Å². The number of esters is 1. The molecule has 0 spiro atoms. The van der Waals surface area contributed by atoms with E-state index in [-0.39, 0.29) is 18.1 Å². The Hall–Kier alpha value is -1.64. The van der Waals surface area contributed by atoms with Crippen LogP contribution in [0.3, 0.4) is 0 Å². The van der Waals surface area contributed by atoms with Crippen LogP contribution in [0.1, 0.15) is 53.4 Å². The molecule has 0 bridgehead atoms. The number of aliphatic hydroxyl groups is 1. The van der Waals surface area contributed by atoms with E-state index in [1.165, 1.54) is 13.0 Å². The summed E-state index contributed by atoms with van der Waals surface area (Å²) in [6, 6.07) is 0. The molecule has 8 heteroatoms. The van der Waals surface area contributed by atoms with Gasteiger partial charge in [-0.3, -0.25) is 14.4 Å². The van der Waals surface area contributed by atoms with Crippen LogP contribution in [0, 0.1) is 28.6 Å². The monoisotopic (exact) mass is 506 g/mol. The lowest BCUT2D eigenvalue weighted by molar-refractivity contribution is -0.215. The molecule has 35 heavy (non-hydrogen) atoms. The molecule has 0 aromatic heterocycles. The highest BCUT2D eigenvalue weighted by Crippen LogP contribution is 2.71. The lowest BCUT2D eigenvalue weighted by Crippen LogP contribution is -2.70. The zero-order chi connectivity index (χ0) is 26.2. The van der Waals surface area contributed by atoms with Gasteiger partial charge >= 0.3 is 5.97 Å². The summed E-state index contributed by atoms with van der Waals surface area (Å²) in [5.74, 6) is -2.39. The Balaban J connectivity index is 1.84. The van der Waals surface area contributed by atoms with E-state index in [1.807, 2.05) is 40.4 Å². The Bertz CT molecular complexity index is 1020. The Morgan fingerprint density at radius 1 is 1.23 bits per heavy atom. The van der Waals surface area contributed by atoms with Crippen molar-refractivity contribution >= 4 is 25.9 Å².